The molecule has 21 heavy (non-hydrogen) atoms. The molecule has 1 aliphatic rings. The van der Waals surface area contributed by atoms with E-state index in [-0.39, 0.29) is 36.1 Å². The molecule has 1 aliphatic heterocycles. The molecule has 6 heteroatoms. The fourth-order valence-corrected chi connectivity index (χ4v) is 2.35. The molecule has 1 unspecified atom stereocenters. The van der Waals surface area contributed by atoms with E-state index in [0.717, 1.165) is 19.0 Å². The normalized spacial score (nSPS) is 19.9. The number of hydrogen-bond acceptors (Lipinski definition) is 3. The van der Waals surface area contributed by atoms with Gasteiger partial charge in [0.25, 0.3) is 0 Å². The minimum atomic E-state index is -0.443. The number of hydrogen-bond donors (Lipinski definition) is 2. The Morgan fingerprint density at radius 3 is 2.19 bits per heavy atom. The smallest absolute Gasteiger partial charge is 0.237 e. The molecule has 1 saturated heterocycles. The molecule has 0 spiro atoms. The average Bonchev–Trinajstić information content (AvgIpc) is 2.34. The highest BCUT2D eigenvalue weighted by atomic mass is 35.5. The third-order valence-corrected chi connectivity index (χ3v) is 4.23. The van der Waals surface area contributed by atoms with Crippen LogP contribution in [0.1, 0.15) is 47.5 Å². The van der Waals surface area contributed by atoms with Gasteiger partial charge in [0.15, 0.2) is 0 Å². The zero-order valence-electron chi connectivity index (χ0n) is 14.0. The fourth-order valence-electron chi connectivity index (χ4n) is 2.35. The number of amides is 1. The standard InChI is InChI=1S/C15H31N3O.2ClH/c1-11-6-8-18(9-7-11)12(2)10-17-14(19)13(16)15(3,4)5;;/h11-13H,6-10,16H2,1-5H3,(H,17,19);2*1H/t12?,13-;;/m1../s1. The molecule has 4 nitrogen and oxygen atoms in total. The Labute approximate surface area is 142 Å². The molecule has 1 amide bonds. The van der Waals surface area contributed by atoms with E-state index in [9.17, 15) is 4.79 Å². The summed E-state index contributed by atoms with van der Waals surface area (Å²) < 4.78 is 0. The first-order valence-corrected chi connectivity index (χ1v) is 7.49. The first kappa shape index (κ1) is 23.2. The van der Waals surface area contributed by atoms with Crippen molar-refractivity contribution >= 4 is 30.7 Å². The van der Waals surface area contributed by atoms with Gasteiger partial charge in [0.2, 0.25) is 5.91 Å². The van der Waals surface area contributed by atoms with Gasteiger partial charge >= 0.3 is 0 Å². The first-order chi connectivity index (χ1) is 8.71. The molecule has 0 aliphatic carbocycles. The minimum Gasteiger partial charge on any atom is -0.353 e. The van der Waals surface area contributed by atoms with E-state index in [4.69, 9.17) is 5.73 Å². The van der Waals surface area contributed by atoms with Crippen LogP contribution < -0.4 is 11.1 Å². The summed E-state index contributed by atoms with van der Waals surface area (Å²) in [6.45, 7) is 13.4. The topological polar surface area (TPSA) is 58.4 Å². The third-order valence-electron chi connectivity index (χ3n) is 4.23. The Hall–Kier alpha value is -0.0300. The Morgan fingerprint density at radius 1 is 1.29 bits per heavy atom. The number of nitrogens with one attached hydrogen (secondary N) is 1. The highest BCUT2D eigenvalue weighted by Crippen LogP contribution is 2.19. The van der Waals surface area contributed by atoms with Crippen LogP contribution in [0.25, 0.3) is 0 Å². The Balaban J connectivity index is 0. The zero-order chi connectivity index (χ0) is 14.6. The quantitative estimate of drug-likeness (QED) is 0.825. The summed E-state index contributed by atoms with van der Waals surface area (Å²) in [5.41, 5.74) is 5.76. The van der Waals surface area contributed by atoms with Crippen molar-refractivity contribution in [2.24, 2.45) is 17.1 Å². The highest BCUT2D eigenvalue weighted by Gasteiger charge is 2.28. The summed E-state index contributed by atoms with van der Waals surface area (Å²) in [5.74, 6) is 0.803. The van der Waals surface area contributed by atoms with Gasteiger partial charge in [-0.3, -0.25) is 9.69 Å². The lowest BCUT2D eigenvalue weighted by Gasteiger charge is -2.35. The molecular weight excluding hydrogens is 309 g/mol. The van der Waals surface area contributed by atoms with Crippen LogP contribution >= 0.6 is 24.8 Å². The van der Waals surface area contributed by atoms with Crippen LogP contribution in [-0.4, -0.2) is 42.5 Å². The van der Waals surface area contributed by atoms with Crippen LogP contribution in [-0.2, 0) is 4.79 Å². The van der Waals surface area contributed by atoms with Gasteiger partial charge in [-0.25, -0.2) is 0 Å². The first-order valence-electron chi connectivity index (χ1n) is 7.49. The lowest BCUT2D eigenvalue weighted by Crippen LogP contribution is -2.52. The molecule has 1 heterocycles. The van der Waals surface area contributed by atoms with Gasteiger partial charge in [0.1, 0.15) is 0 Å². The van der Waals surface area contributed by atoms with Crippen molar-refractivity contribution in [2.75, 3.05) is 19.6 Å². The second kappa shape index (κ2) is 9.88. The minimum absolute atomic E-state index is 0. The second-order valence-electron chi connectivity index (χ2n) is 7.16. The van der Waals surface area contributed by atoms with E-state index in [1.54, 1.807) is 0 Å². The fraction of sp³-hybridized carbons (Fsp3) is 0.933. The number of carbonyl (C=O) groups excluding carboxylic acids is 1. The molecule has 1 fully saturated rings. The maximum absolute atomic E-state index is 12.0. The molecular formula is C15H33Cl2N3O. The van der Waals surface area contributed by atoms with Crippen molar-refractivity contribution < 1.29 is 4.79 Å². The van der Waals surface area contributed by atoms with Gasteiger partial charge in [-0.1, -0.05) is 27.7 Å². The number of piperidine rings is 1. The monoisotopic (exact) mass is 341 g/mol. The molecule has 0 saturated carbocycles. The second-order valence-corrected chi connectivity index (χ2v) is 7.16. The van der Waals surface area contributed by atoms with Crippen LogP contribution in [0.3, 0.4) is 0 Å². The summed E-state index contributed by atoms with van der Waals surface area (Å²) >= 11 is 0. The lowest BCUT2D eigenvalue weighted by atomic mass is 9.87. The van der Waals surface area contributed by atoms with E-state index in [0.29, 0.717) is 12.6 Å². The summed E-state index contributed by atoms with van der Waals surface area (Å²) in [6, 6.07) is -0.0512. The van der Waals surface area contributed by atoms with Crippen molar-refractivity contribution in [3.8, 4) is 0 Å². The molecule has 0 radical (unpaired) electrons. The van der Waals surface area contributed by atoms with Gasteiger partial charge < -0.3 is 11.1 Å². The van der Waals surface area contributed by atoms with Gasteiger partial charge in [-0.15, -0.1) is 24.8 Å². The average molecular weight is 342 g/mol. The molecule has 2 atom stereocenters. The van der Waals surface area contributed by atoms with Crippen LogP contribution in [0.15, 0.2) is 0 Å². The van der Waals surface area contributed by atoms with Gasteiger partial charge in [-0.2, -0.15) is 0 Å². The number of rotatable bonds is 4. The number of likely N-dealkylation sites (tertiary alicyclic amines) is 1. The van der Waals surface area contributed by atoms with Crippen molar-refractivity contribution in [1.29, 1.82) is 0 Å². The Morgan fingerprint density at radius 2 is 1.76 bits per heavy atom. The maximum atomic E-state index is 12.0. The molecule has 0 bridgehead atoms. The lowest BCUT2D eigenvalue weighted by molar-refractivity contribution is -0.124. The molecule has 0 aromatic rings. The van der Waals surface area contributed by atoms with E-state index >= 15 is 0 Å². The number of halogens is 2. The van der Waals surface area contributed by atoms with Gasteiger partial charge in [-0.05, 0) is 44.2 Å². The summed E-state index contributed by atoms with van der Waals surface area (Å²) in [7, 11) is 0. The third kappa shape index (κ3) is 7.68. The van der Waals surface area contributed by atoms with E-state index in [2.05, 4.69) is 24.1 Å². The number of nitrogens with two attached hydrogens (primary N) is 1. The Kier molecular flexibility index (Phi) is 10.9. The van der Waals surface area contributed by atoms with Crippen LogP contribution in [0, 0.1) is 11.3 Å². The van der Waals surface area contributed by atoms with E-state index in [1.807, 2.05) is 20.8 Å². The number of carbonyl (C=O) groups is 1. The van der Waals surface area contributed by atoms with Crippen molar-refractivity contribution in [2.45, 2.75) is 59.5 Å². The number of nitrogens with zero attached hydrogens (tertiary/aromatic N) is 1. The van der Waals surface area contributed by atoms with Crippen molar-refractivity contribution in [3.05, 3.63) is 0 Å². The molecule has 1 rings (SSSR count). The van der Waals surface area contributed by atoms with Crippen LogP contribution in [0.5, 0.6) is 0 Å². The van der Waals surface area contributed by atoms with Crippen molar-refractivity contribution in [1.82, 2.24) is 10.2 Å². The maximum Gasteiger partial charge on any atom is 0.237 e. The van der Waals surface area contributed by atoms with E-state index in [1.165, 1.54) is 12.8 Å². The van der Waals surface area contributed by atoms with E-state index < -0.39 is 6.04 Å². The van der Waals surface area contributed by atoms with Gasteiger partial charge in [0, 0.05) is 12.6 Å². The largest absolute Gasteiger partial charge is 0.353 e. The Bertz CT molecular complexity index is 300. The van der Waals surface area contributed by atoms with Gasteiger partial charge in [0.05, 0.1) is 6.04 Å². The van der Waals surface area contributed by atoms with Crippen LogP contribution in [0.2, 0.25) is 0 Å². The predicted octanol–water partition coefficient (Wildman–Crippen LogP) is 2.44. The molecule has 0 aromatic heterocycles. The molecule has 128 valence electrons. The van der Waals surface area contributed by atoms with Crippen molar-refractivity contribution in [3.63, 3.8) is 0 Å². The molecule has 3 N–H and O–H groups in total. The SMILES string of the molecule is CC1CCN(C(C)CNC(=O)[C@@H](N)C(C)(C)C)CC1.Cl.Cl. The zero-order valence-corrected chi connectivity index (χ0v) is 15.6. The predicted molar refractivity (Wildman–Crippen MR) is 94.4 cm³/mol. The summed E-state index contributed by atoms with van der Waals surface area (Å²) in [4.78, 5) is 14.4. The summed E-state index contributed by atoms with van der Waals surface area (Å²) in [6.07, 6.45) is 2.53. The summed E-state index contributed by atoms with van der Waals surface area (Å²) in [5, 5.41) is 2.99. The highest BCUT2D eigenvalue weighted by molar-refractivity contribution is 5.85. The molecule has 0 aromatic carbocycles. The van der Waals surface area contributed by atoms with Crippen LogP contribution in [0.4, 0.5) is 0 Å².